The van der Waals surface area contributed by atoms with Gasteiger partial charge in [0.2, 0.25) is 0 Å². The molecule has 0 fully saturated rings. The zero-order valence-corrected chi connectivity index (χ0v) is 69.7. The first-order valence-corrected chi connectivity index (χ1v) is 43.4. The van der Waals surface area contributed by atoms with Crippen molar-refractivity contribution in [2.45, 2.75) is 0 Å². The quantitative estimate of drug-likeness (QED) is 0.120. The molecule has 0 saturated heterocycles. The predicted octanol–water partition coefficient (Wildman–Crippen LogP) is 32.5. The average Bonchev–Trinajstić information content (AvgIpc) is 0.728. The van der Waals surface area contributed by atoms with Crippen LogP contribution in [-0.2, 0) is 0 Å². The van der Waals surface area contributed by atoms with Crippen molar-refractivity contribution in [2.24, 2.45) is 0 Å². The van der Waals surface area contributed by atoms with Crippen LogP contribution in [0.5, 0.6) is 0 Å². The van der Waals surface area contributed by atoms with Crippen molar-refractivity contribution < 1.29 is 0 Å². The Hall–Kier alpha value is -17.1. The van der Waals surface area contributed by atoms with Gasteiger partial charge in [-0.05, 0) is 255 Å². The molecule has 128 heavy (non-hydrogen) atoms. The first-order valence-electron chi connectivity index (χ1n) is 43.4. The molecule has 0 amide bonds. The summed E-state index contributed by atoms with van der Waals surface area (Å²) in [6, 6.07) is 154. The maximum absolute atomic E-state index is 4.99. The second-order valence-corrected chi connectivity index (χ2v) is 32.9. The van der Waals surface area contributed by atoms with Gasteiger partial charge in [-0.1, -0.05) is 334 Å². The van der Waals surface area contributed by atoms with Crippen LogP contribution in [0.2, 0.25) is 0 Å². The second kappa shape index (κ2) is 33.0. The monoisotopic (exact) mass is 1630 g/mol. The molecule has 0 aliphatic rings. The molecule has 0 N–H and O–H groups in total. The zero-order valence-electron chi connectivity index (χ0n) is 69.7. The van der Waals surface area contributed by atoms with Crippen LogP contribution in [0.25, 0.3) is 242 Å². The van der Waals surface area contributed by atoms with Crippen molar-refractivity contribution in [3.8, 4) is 123 Å². The Morgan fingerprint density at radius 1 is 0.133 bits per heavy atom. The van der Waals surface area contributed by atoms with E-state index in [9.17, 15) is 0 Å². The van der Waals surface area contributed by atoms with Gasteiger partial charge in [0.25, 0.3) is 0 Å². The van der Waals surface area contributed by atoms with E-state index >= 15 is 0 Å². The van der Waals surface area contributed by atoms with Crippen molar-refractivity contribution in [2.75, 3.05) is 0 Å². The first-order chi connectivity index (χ1) is 63.4. The van der Waals surface area contributed by atoms with E-state index in [0.717, 1.165) is 99.7 Å². The Bertz CT molecular complexity index is 8620. The molecule has 596 valence electrons. The smallest absolute Gasteiger partial charge is 0.0725 e. The molecule has 0 unspecified atom stereocenters. The van der Waals surface area contributed by atoms with Gasteiger partial charge in [0.1, 0.15) is 0 Å². The largest absolute Gasteiger partial charge is 0.263 e. The Morgan fingerprint density at radius 3 is 1.05 bits per heavy atom. The van der Waals surface area contributed by atoms with Gasteiger partial charge >= 0.3 is 0 Å². The molecule has 6 heteroatoms. The van der Waals surface area contributed by atoms with E-state index in [2.05, 4.69) is 398 Å². The molecule has 6 nitrogen and oxygen atoms in total. The fourth-order valence-electron chi connectivity index (χ4n) is 18.8. The summed E-state index contributed by atoms with van der Waals surface area (Å²) in [4.78, 5) is 28.4. The highest BCUT2D eigenvalue weighted by atomic mass is 14.7. The van der Waals surface area contributed by atoms with E-state index in [1.807, 2.05) is 85.8 Å². The minimum Gasteiger partial charge on any atom is -0.263 e. The van der Waals surface area contributed by atoms with Gasteiger partial charge in [-0.2, -0.15) is 0 Å². The Kier molecular flexibility index (Phi) is 19.5. The van der Waals surface area contributed by atoms with E-state index in [-0.39, 0.29) is 0 Å². The molecule has 0 bridgehead atoms. The summed E-state index contributed by atoms with van der Waals surface area (Å²) in [6.45, 7) is 0. The summed E-state index contributed by atoms with van der Waals surface area (Å²) in [7, 11) is 0. The van der Waals surface area contributed by atoms with Crippen molar-refractivity contribution in [3.05, 3.63) is 474 Å². The number of nitrogens with zero attached hydrogens (tertiary/aromatic N) is 6. The molecule has 0 aliphatic carbocycles. The van der Waals surface area contributed by atoms with Crippen LogP contribution in [0.15, 0.2) is 474 Å². The number of rotatable bonds is 11. The number of hydrogen-bond acceptors (Lipinski definition) is 6. The van der Waals surface area contributed by atoms with Crippen molar-refractivity contribution in [1.29, 1.82) is 0 Å². The van der Waals surface area contributed by atoms with Crippen LogP contribution in [0, 0.1) is 0 Å². The van der Waals surface area contributed by atoms with E-state index in [1.54, 1.807) is 0 Å². The van der Waals surface area contributed by atoms with Crippen LogP contribution in [0.1, 0.15) is 0 Å². The van der Waals surface area contributed by atoms with Gasteiger partial charge in [-0.3, -0.25) is 24.9 Å². The van der Waals surface area contributed by atoms with Crippen molar-refractivity contribution >= 4 is 119 Å². The van der Waals surface area contributed by atoms with Crippen LogP contribution >= 0.6 is 0 Å². The van der Waals surface area contributed by atoms with Crippen molar-refractivity contribution in [1.82, 2.24) is 29.9 Å². The summed E-state index contributed by atoms with van der Waals surface area (Å²) in [5.41, 5.74) is 26.9. The zero-order chi connectivity index (χ0) is 84.8. The number of hydrogen-bond donors (Lipinski definition) is 0. The molecule has 19 aromatic carbocycles. The van der Waals surface area contributed by atoms with E-state index in [0.29, 0.717) is 0 Å². The SMILES string of the molecule is c1ccc(-c2c3ccccc3c(-c3ccccc3)c3cc(-c4ccc(-c5cncc6ccccc56)nc4)ccc23)cc1.c1ccc(-c2ccc3cc4cc(-c5cccc(-c6cnc7ccccc7c6)n5)ccc4cc3c2)cc1.c1ccc2cc(-c3c4ccccc4c(-c4ccc5ccccc5c4)c4cc(-c5cncc(-c6cnc7ccccc7c6)c5)ccc34)ccc2c1. The Balaban J connectivity index is 0.000000111. The fraction of sp³-hybridized carbons (Fsp3) is 0. The van der Waals surface area contributed by atoms with Gasteiger partial charge in [0.15, 0.2) is 0 Å². The van der Waals surface area contributed by atoms with E-state index < -0.39 is 0 Å². The van der Waals surface area contributed by atoms with Crippen LogP contribution < -0.4 is 0 Å². The topological polar surface area (TPSA) is 77.3 Å². The van der Waals surface area contributed by atoms with E-state index in [1.165, 1.54) is 142 Å². The molecule has 25 rings (SSSR count). The van der Waals surface area contributed by atoms with Gasteiger partial charge in [-0.25, -0.2) is 4.98 Å². The Labute approximate surface area is 740 Å². The number of pyridine rings is 6. The third-order valence-corrected chi connectivity index (χ3v) is 25.1. The molecule has 0 aliphatic heterocycles. The molecule has 25 aromatic rings. The molecular formula is C122H78N6. The maximum Gasteiger partial charge on any atom is 0.0725 e. The van der Waals surface area contributed by atoms with Crippen molar-refractivity contribution in [3.63, 3.8) is 0 Å². The number of benzene rings is 19. The normalized spacial score (nSPS) is 11.4. The van der Waals surface area contributed by atoms with Crippen LogP contribution in [0.4, 0.5) is 0 Å². The lowest BCUT2D eigenvalue weighted by Gasteiger charge is -2.19. The summed E-state index contributed by atoms with van der Waals surface area (Å²) in [6.07, 6.45) is 13.6. The molecule has 0 spiro atoms. The second-order valence-electron chi connectivity index (χ2n) is 32.9. The molecule has 6 aromatic heterocycles. The number of para-hydroxylation sites is 2. The predicted molar refractivity (Wildman–Crippen MR) is 538 cm³/mol. The molecule has 0 saturated carbocycles. The molecule has 6 heterocycles. The van der Waals surface area contributed by atoms with Gasteiger partial charge in [0, 0.05) is 98.5 Å². The van der Waals surface area contributed by atoms with E-state index in [4.69, 9.17) is 19.9 Å². The highest BCUT2D eigenvalue weighted by molar-refractivity contribution is 6.24. The number of aromatic nitrogens is 6. The summed E-state index contributed by atoms with van der Waals surface area (Å²) >= 11 is 0. The highest BCUT2D eigenvalue weighted by Gasteiger charge is 2.22. The third kappa shape index (κ3) is 14.5. The minimum atomic E-state index is 0.922. The molecule has 0 atom stereocenters. The van der Waals surface area contributed by atoms with Gasteiger partial charge in [-0.15, -0.1) is 0 Å². The first kappa shape index (κ1) is 75.9. The molecular weight excluding hydrogens is 1550 g/mol. The summed E-state index contributed by atoms with van der Waals surface area (Å²) < 4.78 is 0. The highest BCUT2D eigenvalue weighted by Crippen LogP contribution is 2.49. The lowest BCUT2D eigenvalue weighted by Crippen LogP contribution is -1.92. The fourth-order valence-corrected chi connectivity index (χ4v) is 18.8. The molecule has 0 radical (unpaired) electrons. The Morgan fingerprint density at radius 2 is 0.484 bits per heavy atom. The summed E-state index contributed by atoms with van der Waals surface area (Å²) in [5, 5.41) is 24.3. The lowest BCUT2D eigenvalue weighted by atomic mass is 9.84. The maximum atomic E-state index is 4.99. The van der Waals surface area contributed by atoms with Crippen LogP contribution in [0.3, 0.4) is 0 Å². The lowest BCUT2D eigenvalue weighted by molar-refractivity contribution is 1.30. The van der Waals surface area contributed by atoms with Gasteiger partial charge < -0.3 is 0 Å². The third-order valence-electron chi connectivity index (χ3n) is 25.1. The van der Waals surface area contributed by atoms with Gasteiger partial charge in [0.05, 0.1) is 28.1 Å². The standard InChI is InChI=1S/C48H30N2.C40H26N2.C34H22N2/c1-3-11-33-23-37(19-17-31(33)9-1)47-42-14-6-7-15-43(42)48(38-20-18-32-10-2-4-12-34(32)24-38)45-27-35(21-22-44(45)47)39-26-40(29-49-28-39)41-25-36-13-5-8-16-46(36)50-30-41;1-3-11-27(12-4-1)39-33-17-9-10-18-34(33)40(28-13-5-2-6-14-28)36-23-29(19-21-35(36)39)30-20-22-38(42-25-30)37-26-41-24-31-15-7-8-16-32(31)37;1-2-7-23(8-3-1)24-13-14-25-19-30-20-28(16-15-26(30)18-29(25)17-24)33-11-6-12-34(36-33)31-21-27-9-4-5-10-32(27)35-22-31/h1-30H;1-26H;1-22H. The number of fused-ring (bicyclic) bond motifs is 11. The summed E-state index contributed by atoms with van der Waals surface area (Å²) in [5.74, 6) is 0. The minimum absolute atomic E-state index is 0.922. The average molecular weight is 1630 g/mol. The van der Waals surface area contributed by atoms with Crippen LogP contribution in [-0.4, -0.2) is 29.9 Å².